The molecule has 0 unspecified atom stereocenters. The van der Waals surface area contributed by atoms with Crippen LogP contribution in [-0.2, 0) is 0 Å². The fourth-order valence-corrected chi connectivity index (χ4v) is 2.96. The van der Waals surface area contributed by atoms with E-state index in [1.165, 1.54) is 0 Å². The van der Waals surface area contributed by atoms with Crippen molar-refractivity contribution in [3.63, 3.8) is 0 Å². The molecule has 0 aliphatic carbocycles. The Hall–Kier alpha value is 0.570. The van der Waals surface area contributed by atoms with Gasteiger partial charge in [-0.3, -0.25) is 0 Å². The van der Waals surface area contributed by atoms with Crippen molar-refractivity contribution < 1.29 is 8.78 Å². The minimum absolute atomic E-state index is 0.0328. The number of anilines is 1. The van der Waals surface area contributed by atoms with E-state index in [1.54, 1.807) is 22.6 Å². The molecular formula is C6H2Br2F2IN. The summed E-state index contributed by atoms with van der Waals surface area (Å²) in [5, 5.41) is 0. The standard InChI is InChI=1S/C6H2Br2F2IN/c7-1-3(9)5(11)4(10)2(8)6(1)12/h12H2. The van der Waals surface area contributed by atoms with Crippen LogP contribution in [0.15, 0.2) is 8.95 Å². The van der Waals surface area contributed by atoms with E-state index < -0.39 is 11.6 Å². The quantitative estimate of drug-likeness (QED) is 0.299. The molecule has 1 nitrogen and oxygen atoms in total. The Balaban J connectivity index is 3.60. The number of hydrogen-bond acceptors (Lipinski definition) is 1. The van der Waals surface area contributed by atoms with E-state index in [0.717, 1.165) is 0 Å². The van der Waals surface area contributed by atoms with Crippen molar-refractivity contribution in [2.24, 2.45) is 0 Å². The summed E-state index contributed by atoms with van der Waals surface area (Å²) in [4.78, 5) is 0. The molecule has 0 aliphatic heterocycles. The van der Waals surface area contributed by atoms with Gasteiger partial charge in [-0.1, -0.05) is 0 Å². The lowest BCUT2D eigenvalue weighted by Crippen LogP contribution is -1.98. The number of hydrogen-bond donors (Lipinski definition) is 1. The Morgan fingerprint density at radius 3 is 1.75 bits per heavy atom. The molecule has 6 heteroatoms. The summed E-state index contributed by atoms with van der Waals surface area (Å²) >= 11 is 7.40. The van der Waals surface area contributed by atoms with E-state index in [0.29, 0.717) is 0 Å². The second-order valence-corrected chi connectivity index (χ2v) is 4.65. The zero-order chi connectivity index (χ0) is 9.46. The van der Waals surface area contributed by atoms with E-state index in [4.69, 9.17) is 5.73 Å². The minimum Gasteiger partial charge on any atom is -0.397 e. The monoisotopic (exact) mass is 411 g/mol. The van der Waals surface area contributed by atoms with Crippen molar-refractivity contribution in [3.8, 4) is 0 Å². The van der Waals surface area contributed by atoms with E-state index in [-0.39, 0.29) is 18.2 Å². The smallest absolute Gasteiger partial charge is 0.155 e. The third kappa shape index (κ3) is 1.60. The molecule has 0 bridgehead atoms. The third-order valence-electron chi connectivity index (χ3n) is 1.24. The highest BCUT2D eigenvalue weighted by molar-refractivity contribution is 14.1. The highest BCUT2D eigenvalue weighted by atomic mass is 127. The number of benzene rings is 1. The van der Waals surface area contributed by atoms with Crippen molar-refractivity contribution in [3.05, 3.63) is 24.2 Å². The minimum atomic E-state index is -0.672. The molecule has 66 valence electrons. The van der Waals surface area contributed by atoms with Gasteiger partial charge >= 0.3 is 0 Å². The molecule has 12 heavy (non-hydrogen) atoms. The Bertz CT molecular complexity index is 238. The van der Waals surface area contributed by atoms with Gasteiger partial charge in [0.15, 0.2) is 11.6 Å². The van der Waals surface area contributed by atoms with Crippen LogP contribution in [-0.4, -0.2) is 0 Å². The normalized spacial score (nSPS) is 10.4. The third-order valence-corrected chi connectivity index (χ3v) is 3.74. The van der Waals surface area contributed by atoms with Crippen molar-refractivity contribution in [2.75, 3.05) is 5.73 Å². The first-order valence-electron chi connectivity index (χ1n) is 2.73. The van der Waals surface area contributed by atoms with Crippen molar-refractivity contribution in [2.45, 2.75) is 0 Å². The van der Waals surface area contributed by atoms with Crippen LogP contribution >= 0.6 is 54.5 Å². The molecule has 0 radical (unpaired) electrons. The molecule has 0 fully saturated rings. The molecule has 0 heterocycles. The second-order valence-electron chi connectivity index (χ2n) is 1.98. The van der Waals surface area contributed by atoms with Gasteiger partial charge in [-0.2, -0.15) is 0 Å². The van der Waals surface area contributed by atoms with Crippen LogP contribution < -0.4 is 5.73 Å². The topological polar surface area (TPSA) is 26.0 Å². The summed E-state index contributed by atoms with van der Waals surface area (Å²) in [6, 6.07) is 0. The zero-order valence-electron chi connectivity index (χ0n) is 5.47. The lowest BCUT2D eigenvalue weighted by atomic mass is 10.3. The molecule has 1 aromatic carbocycles. The molecule has 1 aromatic rings. The number of nitrogens with two attached hydrogens (primary N) is 1. The van der Waals surface area contributed by atoms with Gasteiger partial charge in [0.05, 0.1) is 18.2 Å². The predicted molar refractivity (Wildman–Crippen MR) is 58.9 cm³/mol. The van der Waals surface area contributed by atoms with E-state index in [2.05, 4.69) is 31.9 Å². The van der Waals surface area contributed by atoms with Gasteiger partial charge in [-0.05, 0) is 54.5 Å². The number of halogens is 5. The van der Waals surface area contributed by atoms with E-state index in [9.17, 15) is 8.78 Å². The van der Waals surface area contributed by atoms with Crippen LogP contribution in [0.2, 0.25) is 0 Å². The Labute approximate surface area is 98.1 Å². The van der Waals surface area contributed by atoms with Crippen LogP contribution in [0.5, 0.6) is 0 Å². The average Bonchev–Trinajstić information content (AvgIpc) is 2.08. The molecule has 0 saturated carbocycles. The molecule has 2 N–H and O–H groups in total. The molecule has 0 aliphatic rings. The van der Waals surface area contributed by atoms with Gasteiger partial charge in [0.2, 0.25) is 0 Å². The van der Waals surface area contributed by atoms with Gasteiger partial charge in [0.1, 0.15) is 0 Å². The van der Waals surface area contributed by atoms with E-state index in [1.807, 2.05) is 0 Å². The molecule has 0 amide bonds. The number of rotatable bonds is 0. The van der Waals surface area contributed by atoms with Crippen LogP contribution in [0.1, 0.15) is 0 Å². The number of nitrogen functional groups attached to an aromatic ring is 1. The lowest BCUT2D eigenvalue weighted by molar-refractivity contribution is 0.563. The molecule has 0 spiro atoms. The van der Waals surface area contributed by atoms with Crippen molar-refractivity contribution in [1.82, 2.24) is 0 Å². The largest absolute Gasteiger partial charge is 0.397 e. The Morgan fingerprint density at radius 2 is 1.42 bits per heavy atom. The van der Waals surface area contributed by atoms with Crippen LogP contribution in [0.25, 0.3) is 0 Å². The maximum absolute atomic E-state index is 13.0. The van der Waals surface area contributed by atoms with Crippen molar-refractivity contribution >= 4 is 60.1 Å². The maximum Gasteiger partial charge on any atom is 0.155 e. The summed E-state index contributed by atoms with van der Waals surface area (Å²) in [5.41, 5.74) is 5.41. The van der Waals surface area contributed by atoms with Gasteiger partial charge in [-0.25, -0.2) is 8.78 Å². The van der Waals surface area contributed by atoms with Gasteiger partial charge in [-0.15, -0.1) is 0 Å². The summed E-state index contributed by atoms with van der Waals surface area (Å²) in [6.07, 6.45) is 0. The van der Waals surface area contributed by atoms with Gasteiger partial charge in [0.25, 0.3) is 0 Å². The first-order chi connectivity index (χ1) is 5.46. The fraction of sp³-hybridized carbons (Fsp3) is 0. The summed E-state index contributed by atoms with van der Waals surface area (Å²) in [5.74, 6) is -1.34. The first-order valence-corrected chi connectivity index (χ1v) is 5.40. The summed E-state index contributed by atoms with van der Waals surface area (Å²) < 4.78 is 26.2. The lowest BCUT2D eigenvalue weighted by Gasteiger charge is -2.06. The van der Waals surface area contributed by atoms with Crippen LogP contribution in [0, 0.1) is 15.2 Å². The first kappa shape index (κ1) is 10.6. The Kier molecular flexibility index (Phi) is 3.33. The average molecular weight is 413 g/mol. The maximum atomic E-state index is 13.0. The van der Waals surface area contributed by atoms with Gasteiger partial charge in [0, 0.05) is 0 Å². The van der Waals surface area contributed by atoms with E-state index >= 15 is 0 Å². The summed E-state index contributed by atoms with van der Waals surface area (Å²) in [7, 11) is 0. The molecule has 0 atom stereocenters. The zero-order valence-corrected chi connectivity index (χ0v) is 10.8. The highest BCUT2D eigenvalue weighted by Gasteiger charge is 2.18. The Morgan fingerprint density at radius 1 is 1.08 bits per heavy atom. The predicted octanol–water partition coefficient (Wildman–Crippen LogP) is 3.68. The molecular weight excluding hydrogens is 411 g/mol. The molecule has 1 rings (SSSR count). The second kappa shape index (κ2) is 3.75. The fourth-order valence-electron chi connectivity index (χ4n) is 0.622. The summed E-state index contributed by atoms with van der Waals surface area (Å²) in [6.45, 7) is 0. The van der Waals surface area contributed by atoms with Crippen LogP contribution in [0.4, 0.5) is 14.5 Å². The van der Waals surface area contributed by atoms with Crippen molar-refractivity contribution in [1.29, 1.82) is 0 Å². The SMILES string of the molecule is Nc1c(Br)c(F)c(I)c(F)c1Br. The molecule has 0 saturated heterocycles. The van der Waals surface area contributed by atoms with Gasteiger partial charge < -0.3 is 5.73 Å². The molecule has 0 aromatic heterocycles. The highest BCUT2D eigenvalue weighted by Crippen LogP contribution is 2.36. The van der Waals surface area contributed by atoms with Crippen LogP contribution in [0.3, 0.4) is 0 Å².